The van der Waals surface area contributed by atoms with E-state index in [2.05, 4.69) is 4.98 Å². The van der Waals surface area contributed by atoms with Gasteiger partial charge in [0.15, 0.2) is 0 Å². The molecule has 1 N–H and O–H groups in total. The van der Waals surface area contributed by atoms with Crippen LogP contribution in [-0.4, -0.2) is 20.6 Å². The van der Waals surface area contributed by atoms with E-state index in [1.807, 2.05) is 20.8 Å². The predicted molar refractivity (Wildman–Crippen MR) is 84.2 cm³/mol. The highest BCUT2D eigenvalue weighted by molar-refractivity contribution is 7.18. The van der Waals surface area contributed by atoms with Crippen molar-refractivity contribution < 1.29 is 9.90 Å². The summed E-state index contributed by atoms with van der Waals surface area (Å²) in [5, 5.41) is 9.44. The van der Waals surface area contributed by atoms with Crippen molar-refractivity contribution in [3.63, 3.8) is 0 Å². The SMILES string of the molecule is CCCc1nc2sc(C)c(C)c2c(=O)n1CCCC(=O)O. The number of fused-ring (bicyclic) bond motifs is 1. The second-order valence-corrected chi connectivity index (χ2v) is 6.40. The van der Waals surface area contributed by atoms with Gasteiger partial charge in [0.25, 0.3) is 5.56 Å². The number of carbonyl (C=O) groups is 1. The number of aromatic nitrogens is 2. The Balaban J connectivity index is 2.51. The Morgan fingerprint density at radius 2 is 2.10 bits per heavy atom. The number of hydrogen-bond donors (Lipinski definition) is 1. The van der Waals surface area contributed by atoms with Crippen molar-refractivity contribution in [1.29, 1.82) is 0 Å². The summed E-state index contributed by atoms with van der Waals surface area (Å²) in [5.41, 5.74) is 0.957. The van der Waals surface area contributed by atoms with Gasteiger partial charge >= 0.3 is 5.97 Å². The summed E-state index contributed by atoms with van der Waals surface area (Å²) < 4.78 is 1.66. The first kappa shape index (κ1) is 15.7. The molecular weight excluding hydrogens is 288 g/mol. The minimum atomic E-state index is -0.836. The zero-order valence-electron chi connectivity index (χ0n) is 12.6. The monoisotopic (exact) mass is 308 g/mol. The van der Waals surface area contributed by atoms with Gasteiger partial charge in [0, 0.05) is 24.3 Å². The molecule has 0 atom stereocenters. The van der Waals surface area contributed by atoms with E-state index in [0.717, 1.165) is 33.9 Å². The van der Waals surface area contributed by atoms with Crippen LogP contribution in [0.4, 0.5) is 0 Å². The average Bonchev–Trinajstić information content (AvgIpc) is 2.69. The molecule has 21 heavy (non-hydrogen) atoms. The number of thiophene rings is 1. The Morgan fingerprint density at radius 3 is 2.71 bits per heavy atom. The third kappa shape index (κ3) is 3.15. The summed E-state index contributed by atoms with van der Waals surface area (Å²) in [7, 11) is 0. The fourth-order valence-electron chi connectivity index (χ4n) is 2.40. The molecule has 0 aromatic carbocycles. The standard InChI is InChI=1S/C15H20N2O3S/c1-4-6-11-16-14-13(9(2)10(3)21-14)15(20)17(11)8-5-7-12(18)19/h4-8H2,1-3H3,(H,18,19). The van der Waals surface area contributed by atoms with Gasteiger partial charge in [-0.15, -0.1) is 11.3 Å². The van der Waals surface area contributed by atoms with Crippen LogP contribution in [-0.2, 0) is 17.8 Å². The molecule has 2 rings (SSSR count). The van der Waals surface area contributed by atoms with E-state index in [1.54, 1.807) is 15.9 Å². The topological polar surface area (TPSA) is 72.2 Å². The Morgan fingerprint density at radius 1 is 1.38 bits per heavy atom. The smallest absolute Gasteiger partial charge is 0.303 e. The molecule has 0 aliphatic carbocycles. The zero-order chi connectivity index (χ0) is 15.6. The molecule has 0 amide bonds. The molecule has 0 fully saturated rings. The lowest BCUT2D eigenvalue weighted by Crippen LogP contribution is -2.25. The van der Waals surface area contributed by atoms with Crippen molar-refractivity contribution in [2.45, 2.75) is 53.0 Å². The van der Waals surface area contributed by atoms with Gasteiger partial charge in [-0.25, -0.2) is 4.98 Å². The molecule has 0 radical (unpaired) electrons. The molecule has 0 spiro atoms. The minimum absolute atomic E-state index is 0.0318. The summed E-state index contributed by atoms with van der Waals surface area (Å²) in [6.07, 6.45) is 2.15. The Hall–Kier alpha value is -1.69. The Bertz CT molecular complexity index is 731. The van der Waals surface area contributed by atoms with Crippen LogP contribution in [0.2, 0.25) is 0 Å². The molecule has 0 bridgehead atoms. The molecule has 0 aliphatic rings. The highest BCUT2D eigenvalue weighted by Gasteiger charge is 2.16. The number of nitrogens with zero attached hydrogens (tertiary/aromatic N) is 2. The van der Waals surface area contributed by atoms with E-state index in [0.29, 0.717) is 18.4 Å². The van der Waals surface area contributed by atoms with Crippen LogP contribution in [0.15, 0.2) is 4.79 Å². The fourth-order valence-corrected chi connectivity index (χ4v) is 3.44. The highest BCUT2D eigenvalue weighted by Crippen LogP contribution is 2.26. The second-order valence-electron chi connectivity index (χ2n) is 5.20. The normalized spacial score (nSPS) is 11.2. The third-order valence-corrected chi connectivity index (χ3v) is 4.72. The van der Waals surface area contributed by atoms with E-state index in [1.165, 1.54) is 0 Å². The minimum Gasteiger partial charge on any atom is -0.481 e. The summed E-state index contributed by atoms with van der Waals surface area (Å²) in [4.78, 5) is 29.9. The van der Waals surface area contributed by atoms with Gasteiger partial charge in [-0.2, -0.15) is 0 Å². The number of aliphatic carboxylic acids is 1. The molecule has 0 saturated heterocycles. The van der Waals surface area contributed by atoms with E-state index < -0.39 is 5.97 Å². The number of carboxylic acid groups (broad SMARTS) is 1. The van der Waals surface area contributed by atoms with Crippen LogP contribution in [0.5, 0.6) is 0 Å². The molecule has 0 aliphatic heterocycles. The molecule has 114 valence electrons. The van der Waals surface area contributed by atoms with Gasteiger partial charge in [-0.05, 0) is 32.3 Å². The molecule has 0 saturated carbocycles. The molecule has 2 heterocycles. The Kier molecular flexibility index (Phi) is 4.77. The summed E-state index contributed by atoms with van der Waals surface area (Å²) in [6, 6.07) is 0. The van der Waals surface area contributed by atoms with Gasteiger partial charge in [0.05, 0.1) is 5.39 Å². The van der Waals surface area contributed by atoms with Crippen molar-refractivity contribution in [2.24, 2.45) is 0 Å². The molecule has 2 aromatic heterocycles. The van der Waals surface area contributed by atoms with Gasteiger partial charge in [0.2, 0.25) is 0 Å². The molecule has 0 unspecified atom stereocenters. The van der Waals surface area contributed by atoms with Crippen LogP contribution in [0, 0.1) is 13.8 Å². The first-order valence-electron chi connectivity index (χ1n) is 7.16. The maximum Gasteiger partial charge on any atom is 0.303 e. The van der Waals surface area contributed by atoms with E-state index in [9.17, 15) is 9.59 Å². The van der Waals surface area contributed by atoms with Crippen molar-refractivity contribution in [1.82, 2.24) is 9.55 Å². The van der Waals surface area contributed by atoms with Gasteiger partial charge in [-0.1, -0.05) is 6.92 Å². The van der Waals surface area contributed by atoms with Crippen molar-refractivity contribution in [3.8, 4) is 0 Å². The lowest BCUT2D eigenvalue weighted by molar-refractivity contribution is -0.137. The maximum absolute atomic E-state index is 12.7. The molecule has 2 aromatic rings. The largest absolute Gasteiger partial charge is 0.481 e. The van der Waals surface area contributed by atoms with Gasteiger partial charge in [0.1, 0.15) is 10.7 Å². The number of aryl methyl sites for hydroxylation is 3. The third-order valence-electron chi connectivity index (χ3n) is 3.61. The van der Waals surface area contributed by atoms with Gasteiger partial charge in [-0.3, -0.25) is 14.2 Å². The first-order valence-corrected chi connectivity index (χ1v) is 7.98. The summed E-state index contributed by atoms with van der Waals surface area (Å²) >= 11 is 1.55. The van der Waals surface area contributed by atoms with Crippen LogP contribution < -0.4 is 5.56 Å². The van der Waals surface area contributed by atoms with E-state index in [-0.39, 0.29) is 12.0 Å². The van der Waals surface area contributed by atoms with Crippen molar-refractivity contribution >= 4 is 27.5 Å². The van der Waals surface area contributed by atoms with Crippen LogP contribution in [0.25, 0.3) is 10.2 Å². The highest BCUT2D eigenvalue weighted by atomic mass is 32.1. The summed E-state index contributed by atoms with van der Waals surface area (Å²) in [5.74, 6) is -0.0710. The maximum atomic E-state index is 12.7. The Labute approximate surface area is 127 Å². The number of carboxylic acids is 1. The molecule has 5 nitrogen and oxygen atoms in total. The van der Waals surface area contributed by atoms with Crippen molar-refractivity contribution in [3.05, 3.63) is 26.6 Å². The number of rotatable bonds is 6. The average molecular weight is 308 g/mol. The lowest BCUT2D eigenvalue weighted by Gasteiger charge is -2.11. The lowest BCUT2D eigenvalue weighted by atomic mass is 10.2. The zero-order valence-corrected chi connectivity index (χ0v) is 13.4. The van der Waals surface area contributed by atoms with E-state index in [4.69, 9.17) is 5.11 Å². The second kappa shape index (κ2) is 6.39. The molecular formula is C15H20N2O3S. The van der Waals surface area contributed by atoms with Crippen molar-refractivity contribution in [2.75, 3.05) is 0 Å². The predicted octanol–water partition coefficient (Wildman–Crippen LogP) is 2.89. The quantitative estimate of drug-likeness (QED) is 0.890. The summed E-state index contributed by atoms with van der Waals surface area (Å²) in [6.45, 7) is 6.40. The van der Waals surface area contributed by atoms with Gasteiger partial charge < -0.3 is 5.11 Å². The first-order chi connectivity index (χ1) is 9.95. The van der Waals surface area contributed by atoms with Crippen LogP contribution >= 0.6 is 11.3 Å². The number of hydrogen-bond acceptors (Lipinski definition) is 4. The fraction of sp³-hybridized carbons (Fsp3) is 0.533. The van der Waals surface area contributed by atoms with Crippen LogP contribution in [0.3, 0.4) is 0 Å². The van der Waals surface area contributed by atoms with Crippen LogP contribution in [0.1, 0.15) is 42.5 Å². The van der Waals surface area contributed by atoms with E-state index >= 15 is 0 Å². The molecule has 6 heteroatoms.